The van der Waals surface area contributed by atoms with Gasteiger partial charge < -0.3 is 19.8 Å². The SMILES string of the molecule is CC(=O)O.COc1cc[n+]([O-])c(C)c1OC. The Balaban J connectivity index is 0.000000487. The highest BCUT2D eigenvalue weighted by Crippen LogP contribution is 2.26. The fourth-order valence-electron chi connectivity index (χ4n) is 1.01. The molecule has 1 rings (SSSR count). The summed E-state index contributed by atoms with van der Waals surface area (Å²) in [7, 11) is 3.04. The van der Waals surface area contributed by atoms with Gasteiger partial charge >= 0.3 is 0 Å². The molecule has 0 atom stereocenters. The summed E-state index contributed by atoms with van der Waals surface area (Å²) in [6.45, 7) is 2.76. The summed E-state index contributed by atoms with van der Waals surface area (Å²) in [5.41, 5.74) is 0.497. The number of carboxylic acids is 1. The van der Waals surface area contributed by atoms with Crippen LogP contribution in [0.15, 0.2) is 12.3 Å². The Morgan fingerprint density at radius 2 is 1.94 bits per heavy atom. The first-order valence-electron chi connectivity index (χ1n) is 4.44. The van der Waals surface area contributed by atoms with E-state index in [4.69, 9.17) is 19.4 Å². The highest BCUT2D eigenvalue weighted by atomic mass is 16.5. The molecule has 0 saturated carbocycles. The van der Waals surface area contributed by atoms with E-state index in [2.05, 4.69) is 0 Å². The molecule has 0 saturated heterocycles. The molecular formula is C10H15NO5. The smallest absolute Gasteiger partial charge is 0.300 e. The maximum atomic E-state index is 11.0. The molecule has 1 heterocycles. The van der Waals surface area contributed by atoms with Gasteiger partial charge in [0.25, 0.3) is 5.97 Å². The normalized spacial score (nSPS) is 8.75. The average Bonchev–Trinajstić information content (AvgIpc) is 2.21. The van der Waals surface area contributed by atoms with Crippen LogP contribution in [-0.2, 0) is 4.79 Å². The second-order valence-corrected chi connectivity index (χ2v) is 2.85. The topological polar surface area (TPSA) is 82.7 Å². The van der Waals surface area contributed by atoms with Gasteiger partial charge in [0.05, 0.1) is 14.2 Å². The summed E-state index contributed by atoms with van der Waals surface area (Å²) in [5, 5.41) is 18.5. The first-order valence-corrected chi connectivity index (χ1v) is 4.44. The standard InChI is InChI=1S/C8H11NO3.C2H4O2/c1-6-8(12-3)7(11-2)4-5-9(6)10;1-2(3)4/h4-5H,1-3H3;1H3,(H,3,4). The summed E-state index contributed by atoms with van der Waals surface area (Å²) in [5.74, 6) is 0.220. The van der Waals surface area contributed by atoms with Gasteiger partial charge in [0.1, 0.15) is 0 Å². The van der Waals surface area contributed by atoms with Crippen LogP contribution in [0.3, 0.4) is 0 Å². The van der Waals surface area contributed by atoms with Gasteiger partial charge in [0.2, 0.25) is 11.4 Å². The number of hydrogen-bond acceptors (Lipinski definition) is 4. The van der Waals surface area contributed by atoms with Crippen LogP contribution in [0.25, 0.3) is 0 Å². The van der Waals surface area contributed by atoms with Gasteiger partial charge in [-0.05, 0) is 0 Å². The van der Waals surface area contributed by atoms with Gasteiger partial charge in [0, 0.05) is 19.9 Å². The van der Waals surface area contributed by atoms with Crippen molar-refractivity contribution in [1.29, 1.82) is 0 Å². The van der Waals surface area contributed by atoms with Crippen LogP contribution in [0, 0.1) is 12.1 Å². The highest BCUT2D eigenvalue weighted by molar-refractivity contribution is 5.62. The monoisotopic (exact) mass is 229 g/mol. The maximum absolute atomic E-state index is 11.0. The van der Waals surface area contributed by atoms with E-state index in [-0.39, 0.29) is 0 Å². The van der Waals surface area contributed by atoms with E-state index in [9.17, 15) is 5.21 Å². The lowest BCUT2D eigenvalue weighted by Gasteiger charge is -2.09. The minimum absolute atomic E-state index is 0.481. The summed E-state index contributed by atoms with van der Waals surface area (Å²) < 4.78 is 10.7. The second-order valence-electron chi connectivity index (χ2n) is 2.85. The molecule has 1 N–H and O–H groups in total. The van der Waals surface area contributed by atoms with Crippen molar-refractivity contribution >= 4 is 5.97 Å². The number of carboxylic acid groups (broad SMARTS) is 1. The Morgan fingerprint density at radius 3 is 2.31 bits per heavy atom. The molecule has 0 aliphatic carbocycles. The quantitative estimate of drug-likeness (QED) is 0.597. The Labute approximate surface area is 93.6 Å². The Bertz CT molecular complexity index is 360. The van der Waals surface area contributed by atoms with Crippen molar-refractivity contribution in [3.63, 3.8) is 0 Å². The van der Waals surface area contributed by atoms with Crippen molar-refractivity contribution in [2.24, 2.45) is 0 Å². The number of carbonyl (C=O) groups is 1. The Hall–Kier alpha value is -1.98. The van der Waals surface area contributed by atoms with Crippen LogP contribution >= 0.6 is 0 Å². The van der Waals surface area contributed by atoms with E-state index in [1.54, 1.807) is 13.0 Å². The number of aromatic nitrogens is 1. The van der Waals surface area contributed by atoms with Gasteiger partial charge in [0.15, 0.2) is 11.9 Å². The second kappa shape index (κ2) is 6.49. The zero-order valence-electron chi connectivity index (χ0n) is 9.68. The van der Waals surface area contributed by atoms with E-state index < -0.39 is 5.97 Å². The third-order valence-corrected chi connectivity index (χ3v) is 1.67. The van der Waals surface area contributed by atoms with Crippen molar-refractivity contribution in [2.45, 2.75) is 13.8 Å². The van der Waals surface area contributed by atoms with E-state index in [1.165, 1.54) is 20.4 Å². The maximum Gasteiger partial charge on any atom is 0.300 e. The lowest BCUT2D eigenvalue weighted by Crippen LogP contribution is -2.29. The zero-order valence-corrected chi connectivity index (χ0v) is 9.68. The van der Waals surface area contributed by atoms with Crippen LogP contribution in [0.4, 0.5) is 0 Å². The molecule has 1 aromatic rings. The molecule has 0 amide bonds. The first kappa shape index (κ1) is 14.0. The van der Waals surface area contributed by atoms with Crippen LogP contribution in [0.1, 0.15) is 12.6 Å². The average molecular weight is 229 g/mol. The molecule has 0 bridgehead atoms. The number of ether oxygens (including phenoxy) is 2. The van der Waals surface area contributed by atoms with E-state index in [1.807, 2.05) is 0 Å². The van der Waals surface area contributed by atoms with Crippen molar-refractivity contribution < 1.29 is 24.1 Å². The number of pyridine rings is 1. The molecule has 0 radical (unpaired) electrons. The fraction of sp³-hybridized carbons (Fsp3) is 0.400. The number of hydrogen-bond donors (Lipinski definition) is 1. The van der Waals surface area contributed by atoms with Crippen LogP contribution in [0.5, 0.6) is 11.5 Å². The third kappa shape index (κ3) is 4.04. The summed E-state index contributed by atoms with van der Waals surface area (Å²) >= 11 is 0. The van der Waals surface area contributed by atoms with Crippen molar-refractivity contribution in [2.75, 3.05) is 14.2 Å². The Kier molecular flexibility index (Phi) is 5.69. The lowest BCUT2D eigenvalue weighted by atomic mass is 10.3. The summed E-state index contributed by atoms with van der Waals surface area (Å²) in [6, 6.07) is 1.57. The molecule has 6 nitrogen and oxygen atoms in total. The molecule has 16 heavy (non-hydrogen) atoms. The van der Waals surface area contributed by atoms with Crippen molar-refractivity contribution in [3.8, 4) is 11.5 Å². The first-order chi connectivity index (χ1) is 7.43. The number of aliphatic carboxylic acids is 1. The molecule has 0 unspecified atom stereocenters. The third-order valence-electron chi connectivity index (χ3n) is 1.67. The Morgan fingerprint density at radius 1 is 1.44 bits per heavy atom. The molecular weight excluding hydrogens is 214 g/mol. The molecule has 6 heteroatoms. The fourth-order valence-corrected chi connectivity index (χ4v) is 1.01. The van der Waals surface area contributed by atoms with E-state index in [0.29, 0.717) is 17.2 Å². The number of methoxy groups -OCH3 is 2. The molecule has 0 fully saturated rings. The predicted molar refractivity (Wildman–Crippen MR) is 56.6 cm³/mol. The van der Waals surface area contributed by atoms with Crippen molar-refractivity contribution in [1.82, 2.24) is 0 Å². The van der Waals surface area contributed by atoms with Gasteiger partial charge in [-0.15, -0.1) is 0 Å². The molecule has 0 aromatic carbocycles. The van der Waals surface area contributed by atoms with Gasteiger partial charge in [-0.2, -0.15) is 4.73 Å². The van der Waals surface area contributed by atoms with Gasteiger partial charge in [-0.25, -0.2) is 0 Å². The minimum Gasteiger partial charge on any atom is -0.618 e. The van der Waals surface area contributed by atoms with Crippen LogP contribution in [-0.4, -0.2) is 25.3 Å². The highest BCUT2D eigenvalue weighted by Gasteiger charge is 2.13. The lowest BCUT2D eigenvalue weighted by molar-refractivity contribution is -0.612. The van der Waals surface area contributed by atoms with Crippen molar-refractivity contribution in [3.05, 3.63) is 23.2 Å². The minimum atomic E-state index is -0.833. The molecule has 1 aromatic heterocycles. The van der Waals surface area contributed by atoms with Gasteiger partial charge in [-0.3, -0.25) is 4.79 Å². The summed E-state index contributed by atoms with van der Waals surface area (Å²) in [6.07, 6.45) is 1.39. The number of rotatable bonds is 2. The molecule has 90 valence electrons. The largest absolute Gasteiger partial charge is 0.618 e. The zero-order chi connectivity index (χ0) is 12.7. The molecule has 0 aliphatic heterocycles. The van der Waals surface area contributed by atoms with Crippen LogP contribution < -0.4 is 14.2 Å². The van der Waals surface area contributed by atoms with Gasteiger partial charge in [-0.1, -0.05) is 0 Å². The molecule has 0 aliphatic rings. The van der Waals surface area contributed by atoms with E-state index >= 15 is 0 Å². The molecule has 0 spiro atoms. The van der Waals surface area contributed by atoms with Crippen LogP contribution in [0.2, 0.25) is 0 Å². The summed E-state index contributed by atoms with van der Waals surface area (Å²) in [4.78, 5) is 9.00. The predicted octanol–water partition coefficient (Wildman–Crippen LogP) is 0.737. The number of nitrogens with zero attached hydrogens (tertiary/aromatic N) is 1. The van der Waals surface area contributed by atoms with E-state index in [0.717, 1.165) is 11.7 Å².